The number of rotatable bonds is 4. The molecule has 0 aliphatic carbocycles. The molecule has 1 fully saturated rings. The predicted molar refractivity (Wildman–Crippen MR) is 143 cm³/mol. The number of carbonyl (C=O) groups is 1. The van der Waals surface area contributed by atoms with E-state index in [0.29, 0.717) is 13.1 Å². The Morgan fingerprint density at radius 3 is 2.58 bits per heavy atom. The lowest BCUT2D eigenvalue weighted by atomic mass is 9.99. The van der Waals surface area contributed by atoms with E-state index in [1.165, 1.54) is 11.1 Å². The van der Waals surface area contributed by atoms with Gasteiger partial charge in [-0.2, -0.15) is 0 Å². The van der Waals surface area contributed by atoms with E-state index in [1.807, 2.05) is 40.1 Å². The van der Waals surface area contributed by atoms with Crippen LogP contribution < -0.4 is 9.64 Å². The standard InChI is InChI=1S/C27H33N5O3S/c1-18-16-29-24(17-28-18)31-13-9-21(10-14-31)34-25-30-22-6-5-20(15-23(22)36-25)19-7-11-32(12-8-19)26(33)35-27(2,3)4/h5-7,15-17,21H,8-14H2,1-4H3. The number of thiazole rings is 1. The summed E-state index contributed by atoms with van der Waals surface area (Å²) in [4.78, 5) is 29.9. The molecule has 8 nitrogen and oxygen atoms in total. The highest BCUT2D eigenvalue weighted by Crippen LogP contribution is 2.33. The fourth-order valence-electron chi connectivity index (χ4n) is 4.47. The van der Waals surface area contributed by atoms with Crippen molar-refractivity contribution in [1.29, 1.82) is 0 Å². The van der Waals surface area contributed by atoms with Gasteiger partial charge in [0.2, 0.25) is 0 Å². The number of fused-ring (bicyclic) bond motifs is 1. The van der Waals surface area contributed by atoms with E-state index in [4.69, 9.17) is 14.5 Å². The summed E-state index contributed by atoms with van der Waals surface area (Å²) in [5.41, 5.74) is 3.83. The first-order chi connectivity index (χ1) is 17.2. The van der Waals surface area contributed by atoms with E-state index in [9.17, 15) is 4.79 Å². The average molecular weight is 508 g/mol. The van der Waals surface area contributed by atoms with Crippen molar-refractivity contribution in [2.75, 3.05) is 31.1 Å². The molecule has 0 unspecified atom stereocenters. The van der Waals surface area contributed by atoms with E-state index < -0.39 is 5.60 Å². The minimum Gasteiger partial charge on any atom is -0.467 e. The fraction of sp³-hybridized carbons (Fsp3) is 0.481. The van der Waals surface area contributed by atoms with Crippen molar-refractivity contribution in [3.05, 3.63) is 47.9 Å². The van der Waals surface area contributed by atoms with Crippen molar-refractivity contribution in [1.82, 2.24) is 19.9 Å². The van der Waals surface area contributed by atoms with Crippen LogP contribution in [0.1, 0.15) is 51.3 Å². The Morgan fingerprint density at radius 1 is 1.11 bits per heavy atom. The van der Waals surface area contributed by atoms with Gasteiger partial charge >= 0.3 is 6.09 Å². The second kappa shape index (κ2) is 10.0. The van der Waals surface area contributed by atoms with Gasteiger partial charge in [0, 0.05) is 39.0 Å². The summed E-state index contributed by atoms with van der Waals surface area (Å²) in [7, 11) is 0. The largest absolute Gasteiger partial charge is 0.467 e. The minimum atomic E-state index is -0.481. The minimum absolute atomic E-state index is 0.152. The van der Waals surface area contributed by atoms with Crippen LogP contribution in [0.2, 0.25) is 0 Å². The third kappa shape index (κ3) is 5.78. The molecule has 2 aliphatic heterocycles. The second-order valence-corrected chi connectivity index (χ2v) is 11.4. The highest BCUT2D eigenvalue weighted by Gasteiger charge is 2.25. The van der Waals surface area contributed by atoms with Crippen molar-refractivity contribution < 1.29 is 14.3 Å². The Labute approximate surface area is 216 Å². The van der Waals surface area contributed by atoms with E-state index in [1.54, 1.807) is 16.2 Å². The Bertz CT molecular complexity index is 1260. The van der Waals surface area contributed by atoms with E-state index in [0.717, 1.165) is 59.3 Å². The van der Waals surface area contributed by atoms with Crippen LogP contribution in [0.15, 0.2) is 36.7 Å². The maximum Gasteiger partial charge on any atom is 0.410 e. The molecule has 0 radical (unpaired) electrons. The van der Waals surface area contributed by atoms with Crippen LogP contribution in [0.4, 0.5) is 10.6 Å². The number of aromatic nitrogens is 3. The number of nitrogens with zero attached hydrogens (tertiary/aromatic N) is 5. The Kier molecular flexibility index (Phi) is 6.83. The molecule has 1 aromatic carbocycles. The topological polar surface area (TPSA) is 80.7 Å². The highest BCUT2D eigenvalue weighted by atomic mass is 32.1. The first-order valence-corrected chi connectivity index (χ1v) is 13.3. The van der Waals surface area contributed by atoms with Gasteiger partial charge in [-0.25, -0.2) is 14.8 Å². The Balaban J connectivity index is 1.19. The van der Waals surface area contributed by atoms with Crippen LogP contribution in [0.3, 0.4) is 0 Å². The zero-order valence-corrected chi connectivity index (χ0v) is 22.2. The number of hydrogen-bond donors (Lipinski definition) is 0. The number of carbonyl (C=O) groups excluding carboxylic acids is 1. The lowest BCUT2D eigenvalue weighted by Crippen LogP contribution is -2.39. The van der Waals surface area contributed by atoms with Gasteiger partial charge in [0.1, 0.15) is 17.5 Å². The van der Waals surface area contributed by atoms with E-state index in [2.05, 4.69) is 39.1 Å². The third-order valence-corrected chi connectivity index (χ3v) is 7.31. The summed E-state index contributed by atoms with van der Waals surface area (Å²) >= 11 is 1.60. The molecule has 3 aromatic rings. The van der Waals surface area contributed by atoms with Crippen molar-refractivity contribution in [3.63, 3.8) is 0 Å². The van der Waals surface area contributed by atoms with Gasteiger partial charge in [-0.15, -0.1) is 0 Å². The number of ether oxygens (including phenoxy) is 2. The van der Waals surface area contributed by atoms with Crippen molar-refractivity contribution in [2.45, 2.75) is 58.7 Å². The van der Waals surface area contributed by atoms with Crippen LogP contribution in [-0.4, -0.2) is 63.8 Å². The Morgan fingerprint density at radius 2 is 1.92 bits per heavy atom. The zero-order chi connectivity index (χ0) is 25.3. The van der Waals surface area contributed by atoms with E-state index in [-0.39, 0.29) is 12.2 Å². The van der Waals surface area contributed by atoms with Gasteiger partial charge in [-0.3, -0.25) is 4.98 Å². The molecule has 1 saturated heterocycles. The number of benzene rings is 1. The monoisotopic (exact) mass is 507 g/mol. The number of hydrogen-bond acceptors (Lipinski definition) is 8. The molecule has 0 atom stereocenters. The van der Waals surface area contributed by atoms with Crippen molar-refractivity contribution >= 4 is 39.0 Å². The molecule has 2 aliphatic rings. The van der Waals surface area contributed by atoms with E-state index >= 15 is 0 Å². The van der Waals surface area contributed by atoms with Gasteiger partial charge < -0.3 is 19.3 Å². The lowest BCUT2D eigenvalue weighted by Gasteiger charge is -2.32. The molecule has 9 heteroatoms. The normalized spacial score (nSPS) is 17.3. The number of piperidine rings is 1. The summed E-state index contributed by atoms with van der Waals surface area (Å²) < 4.78 is 12.9. The SMILES string of the molecule is Cc1cnc(N2CCC(Oc3nc4ccc(C5=CCN(C(=O)OC(C)(C)C)CC5)cc4s3)CC2)cn1. The average Bonchev–Trinajstić information content (AvgIpc) is 3.25. The summed E-state index contributed by atoms with van der Waals surface area (Å²) in [6, 6.07) is 6.36. The number of amides is 1. The summed E-state index contributed by atoms with van der Waals surface area (Å²) in [5, 5.41) is 0.726. The smallest absolute Gasteiger partial charge is 0.410 e. The van der Waals surface area contributed by atoms with Crippen LogP contribution in [0, 0.1) is 6.92 Å². The quantitative estimate of drug-likeness (QED) is 0.463. The van der Waals surface area contributed by atoms with Crippen molar-refractivity contribution in [2.24, 2.45) is 0 Å². The number of anilines is 1. The molecule has 0 bridgehead atoms. The molecule has 1 amide bonds. The summed E-state index contributed by atoms with van der Waals surface area (Å²) in [5.74, 6) is 0.929. The molecule has 0 saturated carbocycles. The molecule has 190 valence electrons. The van der Waals surface area contributed by atoms with Crippen LogP contribution in [-0.2, 0) is 4.74 Å². The van der Waals surface area contributed by atoms with Crippen LogP contribution in [0.5, 0.6) is 5.19 Å². The molecule has 4 heterocycles. The first kappa shape index (κ1) is 24.5. The maximum absolute atomic E-state index is 12.3. The molecule has 0 spiro atoms. The van der Waals surface area contributed by atoms with Gasteiger partial charge in [0.05, 0.1) is 28.3 Å². The van der Waals surface area contributed by atoms with Gasteiger partial charge in [-0.1, -0.05) is 23.5 Å². The molecule has 0 N–H and O–H groups in total. The summed E-state index contributed by atoms with van der Waals surface area (Å²) in [6.45, 7) is 10.6. The van der Waals surface area contributed by atoms with Crippen LogP contribution in [0.25, 0.3) is 15.8 Å². The number of aryl methyl sites for hydroxylation is 1. The highest BCUT2D eigenvalue weighted by molar-refractivity contribution is 7.20. The first-order valence-electron chi connectivity index (χ1n) is 12.5. The van der Waals surface area contributed by atoms with Crippen molar-refractivity contribution in [3.8, 4) is 5.19 Å². The fourth-order valence-corrected chi connectivity index (χ4v) is 5.39. The Hall–Kier alpha value is -3.20. The molecular formula is C27H33N5O3S. The predicted octanol–water partition coefficient (Wildman–Crippen LogP) is 5.47. The van der Waals surface area contributed by atoms with Gasteiger partial charge in [0.15, 0.2) is 0 Å². The molecule has 5 rings (SSSR count). The van der Waals surface area contributed by atoms with Gasteiger partial charge in [-0.05, 0) is 57.4 Å². The molecular weight excluding hydrogens is 474 g/mol. The third-order valence-electron chi connectivity index (χ3n) is 6.40. The zero-order valence-electron chi connectivity index (χ0n) is 21.4. The van der Waals surface area contributed by atoms with Gasteiger partial charge in [0.25, 0.3) is 5.19 Å². The second-order valence-electron chi connectivity index (χ2n) is 10.4. The lowest BCUT2D eigenvalue weighted by molar-refractivity contribution is 0.0270. The van der Waals surface area contributed by atoms with Crippen LogP contribution >= 0.6 is 11.3 Å². The molecule has 2 aromatic heterocycles. The molecule has 36 heavy (non-hydrogen) atoms. The maximum atomic E-state index is 12.3. The summed E-state index contributed by atoms with van der Waals surface area (Å²) in [6.07, 6.45) is 8.34.